The molecule has 0 fully saturated rings. The summed E-state index contributed by atoms with van der Waals surface area (Å²) in [6.07, 6.45) is 1.38. The van der Waals surface area contributed by atoms with E-state index in [4.69, 9.17) is 4.42 Å². The van der Waals surface area contributed by atoms with E-state index in [9.17, 15) is 23.3 Å². The van der Waals surface area contributed by atoms with Crippen LogP contribution in [0.2, 0.25) is 0 Å². The molecule has 9 nitrogen and oxygen atoms in total. The molecule has 1 aromatic heterocycles. The van der Waals surface area contributed by atoms with Gasteiger partial charge in [0.1, 0.15) is 11.5 Å². The molecule has 2 aromatic carbocycles. The van der Waals surface area contributed by atoms with E-state index in [1.807, 2.05) is 30.3 Å². The van der Waals surface area contributed by atoms with Crippen molar-refractivity contribution in [1.82, 2.24) is 9.21 Å². The van der Waals surface area contributed by atoms with Crippen molar-refractivity contribution in [1.29, 1.82) is 0 Å². The normalized spacial score (nSPS) is 11.4. The Kier molecular flexibility index (Phi) is 7.98. The molecule has 1 heterocycles. The number of nitro benzene ring substituents is 1. The van der Waals surface area contributed by atoms with Crippen molar-refractivity contribution in [3.05, 3.63) is 107 Å². The average Bonchev–Trinajstić information content (AvgIpc) is 3.23. The number of non-ortho nitro benzene ring substituents is 1. The fraction of sp³-hybridized carbons (Fsp3) is 0.208. The van der Waals surface area contributed by atoms with Crippen molar-refractivity contribution in [2.24, 2.45) is 0 Å². The summed E-state index contributed by atoms with van der Waals surface area (Å²) in [6, 6.07) is 17.4. The molecular weight excluding hydrogens is 458 g/mol. The van der Waals surface area contributed by atoms with Gasteiger partial charge >= 0.3 is 0 Å². The van der Waals surface area contributed by atoms with Gasteiger partial charge in [-0.3, -0.25) is 14.9 Å². The first kappa shape index (κ1) is 24.9. The summed E-state index contributed by atoms with van der Waals surface area (Å²) in [6.45, 7) is 5.29. The quantitative estimate of drug-likeness (QED) is 0.232. The zero-order valence-corrected chi connectivity index (χ0v) is 19.5. The predicted molar refractivity (Wildman–Crippen MR) is 126 cm³/mol. The first-order valence-corrected chi connectivity index (χ1v) is 11.9. The molecule has 1 amide bonds. The number of nitro groups is 1. The van der Waals surface area contributed by atoms with E-state index in [0.717, 1.165) is 34.1 Å². The largest absolute Gasteiger partial charge is 0.464 e. The summed E-state index contributed by atoms with van der Waals surface area (Å²) >= 11 is 0. The maximum atomic E-state index is 13.3. The second-order valence-corrected chi connectivity index (χ2v) is 9.52. The molecule has 0 aliphatic rings. The van der Waals surface area contributed by atoms with Crippen LogP contribution in [0.5, 0.6) is 0 Å². The minimum absolute atomic E-state index is 0.107. The highest BCUT2D eigenvalue weighted by atomic mass is 32.2. The van der Waals surface area contributed by atoms with Gasteiger partial charge in [-0.2, -0.15) is 4.31 Å². The lowest BCUT2D eigenvalue weighted by molar-refractivity contribution is -0.384. The molecule has 3 rings (SSSR count). The molecule has 0 bridgehead atoms. The summed E-state index contributed by atoms with van der Waals surface area (Å²) in [4.78, 5) is 25.0. The Bertz CT molecular complexity index is 1250. The Morgan fingerprint density at radius 2 is 1.74 bits per heavy atom. The van der Waals surface area contributed by atoms with Crippen LogP contribution in [0.4, 0.5) is 5.69 Å². The SMILES string of the molecule is C=CCN(CC(=O)N(Cc1ccccc1)Cc1ccc(C)o1)S(=O)(=O)c1ccc([N+](=O)[O-])cc1. The second kappa shape index (κ2) is 10.9. The van der Waals surface area contributed by atoms with Crippen molar-refractivity contribution in [3.8, 4) is 0 Å². The van der Waals surface area contributed by atoms with Gasteiger partial charge in [-0.25, -0.2) is 8.42 Å². The third kappa shape index (κ3) is 6.18. The number of hydrogen-bond donors (Lipinski definition) is 0. The molecule has 0 aliphatic carbocycles. The number of sulfonamides is 1. The number of furan rings is 1. The van der Waals surface area contributed by atoms with Crippen LogP contribution in [0.3, 0.4) is 0 Å². The van der Waals surface area contributed by atoms with Gasteiger partial charge < -0.3 is 9.32 Å². The summed E-state index contributed by atoms with van der Waals surface area (Å²) in [5.74, 6) is 0.858. The van der Waals surface area contributed by atoms with E-state index >= 15 is 0 Å². The fourth-order valence-corrected chi connectivity index (χ4v) is 4.69. The molecule has 10 heteroatoms. The Balaban J connectivity index is 1.85. The van der Waals surface area contributed by atoms with Gasteiger partial charge in [-0.05, 0) is 36.8 Å². The monoisotopic (exact) mass is 483 g/mol. The molecule has 0 radical (unpaired) electrons. The number of benzene rings is 2. The van der Waals surface area contributed by atoms with Crippen LogP contribution in [0.25, 0.3) is 0 Å². The average molecular weight is 484 g/mol. The maximum Gasteiger partial charge on any atom is 0.269 e. The van der Waals surface area contributed by atoms with Crippen LogP contribution < -0.4 is 0 Å². The van der Waals surface area contributed by atoms with Crippen LogP contribution in [-0.2, 0) is 27.9 Å². The lowest BCUT2D eigenvalue weighted by Gasteiger charge is -2.26. The molecule has 0 spiro atoms. The Labute approximate surface area is 198 Å². The van der Waals surface area contributed by atoms with Gasteiger partial charge in [0.25, 0.3) is 5.69 Å². The maximum absolute atomic E-state index is 13.3. The van der Waals surface area contributed by atoms with E-state index in [1.165, 1.54) is 11.0 Å². The van der Waals surface area contributed by atoms with Gasteiger partial charge in [-0.15, -0.1) is 6.58 Å². The zero-order valence-electron chi connectivity index (χ0n) is 18.7. The molecule has 3 aromatic rings. The molecule has 0 saturated carbocycles. The predicted octanol–water partition coefficient (Wildman–Crippen LogP) is 3.90. The van der Waals surface area contributed by atoms with Gasteiger partial charge in [0, 0.05) is 25.2 Å². The minimum atomic E-state index is -4.11. The van der Waals surface area contributed by atoms with E-state index in [-0.39, 0.29) is 30.2 Å². The van der Waals surface area contributed by atoms with Crippen molar-refractivity contribution in [3.63, 3.8) is 0 Å². The van der Waals surface area contributed by atoms with Gasteiger partial charge in [-0.1, -0.05) is 36.4 Å². The van der Waals surface area contributed by atoms with E-state index in [2.05, 4.69) is 6.58 Å². The smallest absolute Gasteiger partial charge is 0.269 e. The van der Waals surface area contributed by atoms with Crippen molar-refractivity contribution < 1.29 is 22.6 Å². The summed E-state index contributed by atoms with van der Waals surface area (Å²) in [7, 11) is -4.11. The van der Waals surface area contributed by atoms with E-state index in [1.54, 1.807) is 19.1 Å². The number of hydrogen-bond acceptors (Lipinski definition) is 6. The zero-order chi connectivity index (χ0) is 24.7. The summed E-state index contributed by atoms with van der Waals surface area (Å²) < 4.78 is 33.0. The lowest BCUT2D eigenvalue weighted by atomic mass is 10.2. The minimum Gasteiger partial charge on any atom is -0.464 e. The number of aryl methyl sites for hydroxylation is 1. The molecule has 0 N–H and O–H groups in total. The number of nitrogens with zero attached hydrogens (tertiary/aromatic N) is 3. The van der Waals surface area contributed by atoms with E-state index < -0.39 is 27.4 Å². The van der Waals surface area contributed by atoms with Crippen molar-refractivity contribution in [2.45, 2.75) is 24.9 Å². The Morgan fingerprint density at radius 1 is 1.06 bits per heavy atom. The lowest BCUT2D eigenvalue weighted by Crippen LogP contribution is -2.42. The Hall–Kier alpha value is -3.76. The first-order valence-electron chi connectivity index (χ1n) is 10.4. The molecular formula is C24H25N3O6S. The molecule has 0 unspecified atom stereocenters. The number of rotatable bonds is 11. The van der Waals surface area contributed by atoms with Gasteiger partial charge in [0.2, 0.25) is 15.9 Å². The molecule has 0 aliphatic heterocycles. The number of amides is 1. The third-order valence-corrected chi connectivity index (χ3v) is 6.87. The summed E-state index contributed by atoms with van der Waals surface area (Å²) in [5.41, 5.74) is 0.653. The summed E-state index contributed by atoms with van der Waals surface area (Å²) in [5, 5.41) is 10.9. The molecule has 0 saturated heterocycles. The highest BCUT2D eigenvalue weighted by Gasteiger charge is 2.28. The van der Waals surface area contributed by atoms with Crippen LogP contribution in [0.1, 0.15) is 17.1 Å². The van der Waals surface area contributed by atoms with Crippen LogP contribution in [0, 0.1) is 17.0 Å². The Morgan fingerprint density at radius 3 is 2.29 bits per heavy atom. The van der Waals surface area contributed by atoms with Crippen LogP contribution in [0.15, 0.2) is 88.7 Å². The molecule has 34 heavy (non-hydrogen) atoms. The standard InChI is InChI=1S/C24H25N3O6S/c1-3-15-26(34(31,32)23-13-10-21(11-14-23)27(29)30)18-24(28)25(16-20-7-5-4-6-8-20)17-22-12-9-19(2)33-22/h3-14H,1,15-18H2,2H3. The topological polar surface area (TPSA) is 114 Å². The molecule has 0 atom stereocenters. The third-order valence-electron chi connectivity index (χ3n) is 5.04. The van der Waals surface area contributed by atoms with Gasteiger partial charge in [0.15, 0.2) is 0 Å². The van der Waals surface area contributed by atoms with Crippen LogP contribution >= 0.6 is 0 Å². The second-order valence-electron chi connectivity index (χ2n) is 7.59. The fourth-order valence-electron chi connectivity index (χ4n) is 3.33. The van der Waals surface area contributed by atoms with E-state index in [0.29, 0.717) is 11.5 Å². The number of carbonyl (C=O) groups excluding carboxylic acids is 1. The van der Waals surface area contributed by atoms with Gasteiger partial charge in [0.05, 0.1) is 22.9 Å². The number of carbonyl (C=O) groups is 1. The van der Waals surface area contributed by atoms with Crippen molar-refractivity contribution >= 4 is 21.6 Å². The highest BCUT2D eigenvalue weighted by Crippen LogP contribution is 2.21. The van der Waals surface area contributed by atoms with Crippen molar-refractivity contribution in [2.75, 3.05) is 13.1 Å². The highest BCUT2D eigenvalue weighted by molar-refractivity contribution is 7.89. The van der Waals surface area contributed by atoms with Crippen LogP contribution in [-0.4, -0.2) is 41.5 Å². The molecule has 178 valence electrons. The first-order chi connectivity index (χ1) is 16.2.